The summed E-state index contributed by atoms with van der Waals surface area (Å²) < 4.78 is 64.9. The van der Waals surface area contributed by atoms with Crippen LogP contribution >= 0.6 is 0 Å². The van der Waals surface area contributed by atoms with Crippen molar-refractivity contribution in [3.63, 3.8) is 0 Å². The van der Waals surface area contributed by atoms with Crippen LogP contribution in [0.3, 0.4) is 0 Å². The molecule has 1 aliphatic heterocycles. The maximum atomic E-state index is 15.0. The van der Waals surface area contributed by atoms with Gasteiger partial charge in [0.2, 0.25) is 18.0 Å². The number of aromatic nitrogens is 4. The lowest BCUT2D eigenvalue weighted by Crippen LogP contribution is -2.47. The standard InChI is InChI=1S/C28H33F4N7O2/c1-28(2,3)38-11-8-16(14-38)27(40)33-13-23-35-26(36-41-23)22-12-17-19(34-20-15-37(4)10-9-18(20)29)6-5-7-21(17)39(22)25(32)24(30)31/h5-8,11-12,14,18,20,24-25,34H,9-10,13,15H2,1-4H3,(H,33,40)/t18-,20+,25?/m1/s1. The van der Waals surface area contributed by atoms with Gasteiger partial charge in [-0.05, 0) is 58.5 Å². The molecule has 41 heavy (non-hydrogen) atoms. The SMILES string of the molecule is CN1CC[C@@H](F)[C@@H](Nc2cccc3c2cc(-c2noc(CNC(=O)c4ccn(C(C)(C)C)c4)n2)n3C(F)C(F)F)C1. The predicted molar refractivity (Wildman–Crippen MR) is 146 cm³/mol. The number of fused-ring (bicyclic) bond motifs is 1. The Labute approximate surface area is 234 Å². The van der Waals surface area contributed by atoms with Crippen molar-refractivity contribution in [2.24, 2.45) is 0 Å². The molecule has 1 amide bonds. The fourth-order valence-corrected chi connectivity index (χ4v) is 4.99. The fourth-order valence-electron chi connectivity index (χ4n) is 4.99. The van der Waals surface area contributed by atoms with E-state index in [0.717, 1.165) is 4.57 Å². The highest BCUT2D eigenvalue weighted by Gasteiger charge is 2.31. The van der Waals surface area contributed by atoms with Gasteiger partial charge in [-0.3, -0.25) is 4.79 Å². The van der Waals surface area contributed by atoms with Gasteiger partial charge in [0.15, 0.2) is 0 Å². The summed E-state index contributed by atoms with van der Waals surface area (Å²) >= 11 is 0. The Bertz CT molecular complexity index is 1520. The first kappa shape index (κ1) is 28.7. The molecule has 4 aromatic rings. The third kappa shape index (κ3) is 5.95. The number of benzene rings is 1. The number of piperidine rings is 1. The van der Waals surface area contributed by atoms with Gasteiger partial charge in [-0.2, -0.15) is 4.98 Å². The van der Waals surface area contributed by atoms with Crippen molar-refractivity contribution in [3.8, 4) is 11.5 Å². The molecule has 4 heterocycles. The number of nitrogens with zero attached hydrogens (tertiary/aromatic N) is 5. The van der Waals surface area contributed by atoms with E-state index in [1.165, 1.54) is 12.1 Å². The summed E-state index contributed by atoms with van der Waals surface area (Å²) in [6, 6.07) is 7.43. The lowest BCUT2D eigenvalue weighted by molar-refractivity contribution is 0.0114. The van der Waals surface area contributed by atoms with Crippen LogP contribution in [0.1, 0.15) is 49.7 Å². The van der Waals surface area contributed by atoms with Crippen LogP contribution in [0.5, 0.6) is 0 Å². The van der Waals surface area contributed by atoms with Crippen molar-refractivity contribution in [2.75, 3.05) is 25.5 Å². The highest BCUT2D eigenvalue weighted by atomic mass is 19.3. The molecule has 0 aliphatic carbocycles. The minimum Gasteiger partial charge on any atom is -0.378 e. The molecule has 0 radical (unpaired) electrons. The molecule has 1 aromatic carbocycles. The second-order valence-corrected chi connectivity index (χ2v) is 11.3. The minimum atomic E-state index is -3.32. The largest absolute Gasteiger partial charge is 0.378 e. The normalized spacial score (nSPS) is 19.1. The quantitative estimate of drug-likeness (QED) is 0.275. The van der Waals surface area contributed by atoms with Gasteiger partial charge in [-0.15, -0.1) is 0 Å². The molecule has 5 rings (SSSR count). The number of halogens is 4. The van der Waals surface area contributed by atoms with Crippen molar-refractivity contribution < 1.29 is 26.9 Å². The number of carbonyl (C=O) groups is 1. The number of nitrogens with one attached hydrogen (secondary N) is 2. The number of likely N-dealkylation sites (tertiary alicyclic amines) is 1. The molecule has 0 bridgehead atoms. The van der Waals surface area contributed by atoms with Gasteiger partial charge in [0.05, 0.1) is 29.4 Å². The molecule has 1 aliphatic rings. The molecule has 9 nitrogen and oxygen atoms in total. The molecule has 1 unspecified atom stereocenters. The van der Waals surface area contributed by atoms with E-state index in [9.17, 15) is 22.4 Å². The lowest BCUT2D eigenvalue weighted by atomic mass is 10.0. The molecule has 0 saturated carbocycles. The van der Waals surface area contributed by atoms with Gasteiger partial charge in [0, 0.05) is 42.1 Å². The molecule has 2 N–H and O–H groups in total. The van der Waals surface area contributed by atoms with Crippen molar-refractivity contribution >= 4 is 22.5 Å². The fraction of sp³-hybridized carbons (Fsp3) is 0.464. The number of amides is 1. The third-order valence-electron chi connectivity index (χ3n) is 7.24. The van der Waals surface area contributed by atoms with Gasteiger partial charge < -0.3 is 29.2 Å². The zero-order chi connectivity index (χ0) is 29.5. The van der Waals surface area contributed by atoms with Gasteiger partial charge >= 0.3 is 0 Å². The van der Waals surface area contributed by atoms with Crippen LogP contribution in [-0.4, -0.2) is 68.9 Å². The van der Waals surface area contributed by atoms with E-state index in [2.05, 4.69) is 20.8 Å². The summed E-state index contributed by atoms with van der Waals surface area (Å²) in [5.41, 5.74) is 0.853. The molecule has 13 heteroatoms. The van der Waals surface area contributed by atoms with E-state index in [1.54, 1.807) is 30.6 Å². The monoisotopic (exact) mass is 575 g/mol. The Morgan fingerprint density at radius 2 is 2.00 bits per heavy atom. The Balaban J connectivity index is 1.41. The first-order valence-electron chi connectivity index (χ1n) is 13.4. The van der Waals surface area contributed by atoms with Crippen LogP contribution < -0.4 is 10.6 Å². The van der Waals surface area contributed by atoms with Crippen molar-refractivity contribution in [1.29, 1.82) is 0 Å². The zero-order valence-corrected chi connectivity index (χ0v) is 23.2. The molecular formula is C28H33F4N7O2. The van der Waals surface area contributed by atoms with E-state index in [0.29, 0.717) is 36.1 Å². The smallest absolute Gasteiger partial charge is 0.288 e. The molecular weight excluding hydrogens is 542 g/mol. The average molecular weight is 576 g/mol. The van der Waals surface area contributed by atoms with Crippen molar-refractivity contribution in [1.82, 2.24) is 29.5 Å². The van der Waals surface area contributed by atoms with E-state index >= 15 is 0 Å². The van der Waals surface area contributed by atoms with E-state index in [4.69, 9.17) is 4.52 Å². The predicted octanol–water partition coefficient (Wildman–Crippen LogP) is 5.37. The topological polar surface area (TPSA) is 93.2 Å². The summed E-state index contributed by atoms with van der Waals surface area (Å²) in [6.07, 6.45) is -3.23. The second kappa shape index (κ2) is 11.2. The summed E-state index contributed by atoms with van der Waals surface area (Å²) in [5, 5.41) is 10.2. The van der Waals surface area contributed by atoms with Crippen LogP contribution in [0.2, 0.25) is 0 Å². The van der Waals surface area contributed by atoms with Gasteiger partial charge in [-0.25, -0.2) is 17.6 Å². The van der Waals surface area contributed by atoms with Crippen LogP contribution in [0, 0.1) is 0 Å². The Hall–Kier alpha value is -3.87. The third-order valence-corrected chi connectivity index (χ3v) is 7.24. The molecule has 0 spiro atoms. The van der Waals surface area contributed by atoms with Crippen molar-refractivity contribution in [3.05, 3.63) is 54.2 Å². The van der Waals surface area contributed by atoms with Gasteiger partial charge in [-0.1, -0.05) is 11.2 Å². The maximum absolute atomic E-state index is 15.0. The van der Waals surface area contributed by atoms with E-state index in [-0.39, 0.29) is 40.9 Å². The number of anilines is 1. The average Bonchev–Trinajstić information content (AvgIpc) is 3.67. The number of carbonyl (C=O) groups excluding carboxylic acids is 1. The molecule has 220 valence electrons. The van der Waals surface area contributed by atoms with Crippen LogP contribution in [0.15, 0.2) is 47.2 Å². The first-order chi connectivity index (χ1) is 19.4. The minimum absolute atomic E-state index is 0.0109. The lowest BCUT2D eigenvalue weighted by Gasteiger charge is -2.33. The van der Waals surface area contributed by atoms with Crippen LogP contribution in [0.4, 0.5) is 23.2 Å². The Morgan fingerprint density at radius 3 is 2.71 bits per heavy atom. The number of likely N-dealkylation sites (N-methyl/N-ethyl adjacent to an activating group) is 1. The number of rotatable bonds is 8. The number of hydrogen-bond donors (Lipinski definition) is 2. The van der Waals surface area contributed by atoms with Crippen LogP contribution in [-0.2, 0) is 12.1 Å². The number of alkyl halides is 4. The highest BCUT2D eigenvalue weighted by molar-refractivity contribution is 5.96. The van der Waals surface area contributed by atoms with Crippen LogP contribution in [0.25, 0.3) is 22.4 Å². The first-order valence-corrected chi connectivity index (χ1v) is 13.4. The second-order valence-electron chi connectivity index (χ2n) is 11.3. The maximum Gasteiger partial charge on any atom is 0.288 e. The van der Waals surface area contributed by atoms with Gasteiger partial charge in [0.25, 0.3) is 12.3 Å². The Kier molecular flexibility index (Phi) is 7.82. The molecule has 1 fully saturated rings. The molecule has 3 atom stereocenters. The van der Waals surface area contributed by atoms with Crippen molar-refractivity contribution in [2.45, 2.75) is 64.2 Å². The molecule has 1 saturated heterocycles. The zero-order valence-electron chi connectivity index (χ0n) is 23.2. The van der Waals surface area contributed by atoms with E-state index in [1.807, 2.05) is 37.3 Å². The highest BCUT2D eigenvalue weighted by Crippen LogP contribution is 2.37. The number of hydrogen-bond acceptors (Lipinski definition) is 6. The summed E-state index contributed by atoms with van der Waals surface area (Å²) in [4.78, 5) is 18.9. The summed E-state index contributed by atoms with van der Waals surface area (Å²) in [7, 11) is 1.89. The molecule has 3 aromatic heterocycles. The Morgan fingerprint density at radius 1 is 1.22 bits per heavy atom. The summed E-state index contributed by atoms with van der Waals surface area (Å²) in [6.45, 7) is 6.99. The van der Waals surface area contributed by atoms with E-state index < -0.39 is 24.9 Å². The summed E-state index contributed by atoms with van der Waals surface area (Å²) in [5.74, 6) is -0.477. The van der Waals surface area contributed by atoms with Gasteiger partial charge in [0.1, 0.15) is 6.17 Å².